The van der Waals surface area contributed by atoms with E-state index in [4.69, 9.17) is 15.7 Å². The molecule has 70 valence electrons. The molecule has 0 radical (unpaired) electrons. The van der Waals surface area contributed by atoms with Crippen molar-refractivity contribution in [2.45, 2.75) is 20.3 Å². The first-order valence-corrected chi connectivity index (χ1v) is 3.69. The van der Waals surface area contributed by atoms with Gasteiger partial charge in [-0.15, -0.1) is 0 Å². The highest BCUT2D eigenvalue weighted by molar-refractivity contribution is 5.76. The summed E-state index contributed by atoms with van der Waals surface area (Å²) in [6, 6.07) is 0. The average molecular weight is 174 g/mol. The highest BCUT2D eigenvalue weighted by Crippen LogP contribution is 2.01. The summed E-state index contributed by atoms with van der Waals surface area (Å²) >= 11 is 0. The number of carboxylic acid groups (broad SMARTS) is 1. The number of nitrogens with two attached hydrogens (primary N) is 1. The molecule has 0 saturated carbocycles. The maximum absolute atomic E-state index is 10.3. The van der Waals surface area contributed by atoms with Crippen LogP contribution in [-0.4, -0.2) is 23.5 Å². The van der Waals surface area contributed by atoms with Crippen LogP contribution in [0.15, 0.2) is 5.16 Å². The van der Waals surface area contributed by atoms with E-state index in [1.54, 1.807) is 13.8 Å². The van der Waals surface area contributed by atoms with Crippen molar-refractivity contribution in [1.82, 2.24) is 0 Å². The zero-order chi connectivity index (χ0) is 9.56. The van der Waals surface area contributed by atoms with Crippen LogP contribution < -0.4 is 5.73 Å². The molecule has 0 rings (SSSR count). The van der Waals surface area contributed by atoms with Crippen molar-refractivity contribution < 1.29 is 14.7 Å². The first kappa shape index (κ1) is 10.7. The van der Waals surface area contributed by atoms with Crippen LogP contribution in [0.25, 0.3) is 0 Å². The first-order chi connectivity index (χ1) is 5.54. The van der Waals surface area contributed by atoms with Gasteiger partial charge in [-0.2, -0.15) is 0 Å². The van der Waals surface area contributed by atoms with Crippen molar-refractivity contribution in [1.29, 1.82) is 0 Å². The van der Waals surface area contributed by atoms with Crippen molar-refractivity contribution >= 4 is 11.8 Å². The quantitative estimate of drug-likeness (QED) is 0.273. The molecule has 12 heavy (non-hydrogen) atoms. The number of amidine groups is 1. The Kier molecular flexibility index (Phi) is 4.83. The normalized spacial score (nSPS) is 14.0. The number of nitrogens with zero attached hydrogens (tertiary/aromatic N) is 1. The van der Waals surface area contributed by atoms with Crippen LogP contribution in [0.5, 0.6) is 0 Å². The van der Waals surface area contributed by atoms with Gasteiger partial charge >= 0.3 is 5.97 Å². The fraction of sp³-hybridized carbons (Fsp3) is 0.714. The molecular weight excluding hydrogens is 160 g/mol. The van der Waals surface area contributed by atoms with Crippen LogP contribution in [-0.2, 0) is 9.63 Å². The number of carboxylic acids is 1. The van der Waals surface area contributed by atoms with Crippen molar-refractivity contribution in [3.05, 3.63) is 0 Å². The van der Waals surface area contributed by atoms with E-state index in [0.717, 1.165) is 0 Å². The lowest BCUT2D eigenvalue weighted by Crippen LogP contribution is -2.12. The predicted octanol–water partition coefficient (Wildman–Crippen LogP) is 0.406. The minimum atomic E-state index is -0.827. The largest absolute Gasteiger partial charge is 0.481 e. The van der Waals surface area contributed by atoms with E-state index in [0.29, 0.717) is 12.3 Å². The second-order valence-corrected chi connectivity index (χ2v) is 2.59. The number of oxime groups is 1. The number of carbonyl (C=O) groups is 1. The van der Waals surface area contributed by atoms with Crippen LogP contribution >= 0.6 is 0 Å². The molecule has 5 nitrogen and oxygen atoms in total. The molecule has 0 fully saturated rings. The fourth-order valence-corrected chi connectivity index (χ4v) is 0.500. The third kappa shape index (κ3) is 5.52. The van der Waals surface area contributed by atoms with Crippen molar-refractivity contribution in [3.8, 4) is 0 Å². The molecule has 1 unspecified atom stereocenters. The summed E-state index contributed by atoms with van der Waals surface area (Å²) in [5.74, 6) is -0.900. The molecule has 0 aromatic carbocycles. The Morgan fingerprint density at radius 1 is 1.75 bits per heavy atom. The standard InChI is InChI=1S/C7H14N2O3/c1-5(7(10)11)3-4-12-9-6(2)8/h5H,3-4H2,1-2H3,(H2,8,9)(H,10,11). The first-order valence-electron chi connectivity index (χ1n) is 3.69. The number of aliphatic carboxylic acids is 1. The van der Waals surface area contributed by atoms with E-state index in [9.17, 15) is 4.79 Å². The van der Waals surface area contributed by atoms with E-state index in [2.05, 4.69) is 5.16 Å². The van der Waals surface area contributed by atoms with Crippen LogP contribution in [0.2, 0.25) is 0 Å². The Balaban J connectivity index is 3.44. The maximum atomic E-state index is 10.3. The average Bonchev–Trinajstić information content (AvgIpc) is 1.97. The van der Waals surface area contributed by atoms with Crippen LogP contribution in [0, 0.1) is 5.92 Å². The summed E-state index contributed by atoms with van der Waals surface area (Å²) in [5, 5.41) is 11.9. The van der Waals surface area contributed by atoms with Gasteiger partial charge in [-0.05, 0) is 13.3 Å². The highest BCUT2D eigenvalue weighted by Gasteiger charge is 2.09. The molecule has 1 atom stereocenters. The third-order valence-corrected chi connectivity index (χ3v) is 1.27. The molecule has 0 saturated heterocycles. The van der Waals surface area contributed by atoms with Crippen LogP contribution in [0.3, 0.4) is 0 Å². The Morgan fingerprint density at radius 2 is 2.33 bits per heavy atom. The van der Waals surface area contributed by atoms with Crippen molar-refractivity contribution in [2.24, 2.45) is 16.8 Å². The lowest BCUT2D eigenvalue weighted by molar-refractivity contribution is -0.141. The summed E-state index contributed by atoms with van der Waals surface area (Å²) < 4.78 is 0. The van der Waals surface area contributed by atoms with E-state index in [-0.39, 0.29) is 6.61 Å². The zero-order valence-electron chi connectivity index (χ0n) is 7.28. The second-order valence-electron chi connectivity index (χ2n) is 2.59. The van der Waals surface area contributed by atoms with Gasteiger partial charge in [-0.25, -0.2) is 0 Å². The summed E-state index contributed by atoms with van der Waals surface area (Å²) in [5.41, 5.74) is 5.18. The van der Waals surface area contributed by atoms with Crippen molar-refractivity contribution in [3.63, 3.8) is 0 Å². The molecule has 5 heteroatoms. The Morgan fingerprint density at radius 3 is 2.75 bits per heavy atom. The van der Waals surface area contributed by atoms with Gasteiger partial charge in [0.05, 0.1) is 5.92 Å². The maximum Gasteiger partial charge on any atom is 0.306 e. The Hall–Kier alpha value is -1.26. The number of rotatable bonds is 5. The van der Waals surface area contributed by atoms with Gasteiger partial charge in [0.25, 0.3) is 0 Å². The van der Waals surface area contributed by atoms with Gasteiger partial charge in [0.1, 0.15) is 12.4 Å². The smallest absolute Gasteiger partial charge is 0.306 e. The second kappa shape index (κ2) is 5.40. The van der Waals surface area contributed by atoms with Gasteiger partial charge in [-0.1, -0.05) is 12.1 Å². The minimum Gasteiger partial charge on any atom is -0.481 e. The zero-order valence-corrected chi connectivity index (χ0v) is 7.28. The van der Waals surface area contributed by atoms with Crippen LogP contribution in [0.1, 0.15) is 20.3 Å². The van der Waals surface area contributed by atoms with Gasteiger partial charge in [0, 0.05) is 0 Å². The van der Waals surface area contributed by atoms with Crippen LogP contribution in [0.4, 0.5) is 0 Å². The summed E-state index contributed by atoms with van der Waals surface area (Å²) in [4.78, 5) is 15.0. The SMILES string of the molecule is C/C(N)=N/OCCC(C)C(=O)O. The molecule has 0 heterocycles. The van der Waals surface area contributed by atoms with Gasteiger partial charge in [0.15, 0.2) is 0 Å². The summed E-state index contributed by atoms with van der Waals surface area (Å²) in [7, 11) is 0. The van der Waals surface area contributed by atoms with Gasteiger partial charge < -0.3 is 15.7 Å². The Labute approximate surface area is 71.2 Å². The monoisotopic (exact) mass is 174 g/mol. The molecule has 0 aromatic heterocycles. The molecule has 0 aliphatic carbocycles. The molecule has 0 aliphatic heterocycles. The molecule has 3 N–H and O–H groups in total. The molecule has 0 bridgehead atoms. The summed E-state index contributed by atoms with van der Waals surface area (Å²) in [6.07, 6.45) is 0.437. The third-order valence-electron chi connectivity index (χ3n) is 1.27. The number of hydrogen-bond acceptors (Lipinski definition) is 3. The highest BCUT2D eigenvalue weighted by atomic mass is 16.6. The molecule has 0 aromatic rings. The van der Waals surface area contributed by atoms with E-state index in [1.807, 2.05) is 0 Å². The lowest BCUT2D eigenvalue weighted by atomic mass is 10.1. The van der Waals surface area contributed by atoms with E-state index < -0.39 is 11.9 Å². The topological polar surface area (TPSA) is 84.9 Å². The number of hydrogen-bond donors (Lipinski definition) is 2. The Bertz CT molecular complexity index is 175. The minimum absolute atomic E-state index is 0.280. The lowest BCUT2D eigenvalue weighted by Gasteiger charge is -2.03. The fourth-order valence-electron chi connectivity index (χ4n) is 0.500. The van der Waals surface area contributed by atoms with Gasteiger partial charge in [-0.3, -0.25) is 4.79 Å². The van der Waals surface area contributed by atoms with Gasteiger partial charge in [0.2, 0.25) is 0 Å². The predicted molar refractivity (Wildman–Crippen MR) is 44.7 cm³/mol. The molecule has 0 spiro atoms. The van der Waals surface area contributed by atoms with E-state index in [1.165, 1.54) is 0 Å². The van der Waals surface area contributed by atoms with Crippen molar-refractivity contribution in [2.75, 3.05) is 6.61 Å². The van der Waals surface area contributed by atoms with E-state index >= 15 is 0 Å². The molecule has 0 amide bonds. The summed E-state index contributed by atoms with van der Waals surface area (Å²) in [6.45, 7) is 3.49. The molecular formula is C7H14N2O3. The molecule has 0 aliphatic rings.